The van der Waals surface area contributed by atoms with Gasteiger partial charge >= 0.3 is 0 Å². The molecule has 0 aliphatic rings. The van der Waals surface area contributed by atoms with E-state index in [9.17, 15) is 4.21 Å². The number of hydrogen-bond donors (Lipinski definition) is 1. The molecule has 2 nitrogen and oxygen atoms in total. The number of anilines is 1. The normalized spacial score (nSPS) is 12.4. The van der Waals surface area contributed by atoms with Crippen LogP contribution in [0.25, 0.3) is 0 Å². The van der Waals surface area contributed by atoms with Crippen molar-refractivity contribution in [2.45, 2.75) is 4.90 Å². The molecule has 0 bridgehead atoms. The maximum Gasteiger partial charge on any atom is 0.0770 e. The average molecular weight is 167 g/mol. The molecular formula is C8H9NOS. The van der Waals surface area contributed by atoms with E-state index in [1.165, 1.54) is 5.41 Å². The van der Waals surface area contributed by atoms with Gasteiger partial charge in [0.1, 0.15) is 0 Å². The summed E-state index contributed by atoms with van der Waals surface area (Å²) in [6.45, 7) is 3.43. The second kappa shape index (κ2) is 3.34. The summed E-state index contributed by atoms with van der Waals surface area (Å²) in [4.78, 5) is 0.694. The van der Waals surface area contributed by atoms with Crippen molar-refractivity contribution in [2.24, 2.45) is 0 Å². The number of nitrogens with two attached hydrogens (primary N) is 1. The van der Waals surface area contributed by atoms with E-state index in [2.05, 4.69) is 6.58 Å². The van der Waals surface area contributed by atoms with E-state index >= 15 is 0 Å². The van der Waals surface area contributed by atoms with Crippen LogP contribution in [0, 0.1) is 0 Å². The highest BCUT2D eigenvalue weighted by atomic mass is 32.2. The molecule has 0 aliphatic heterocycles. The van der Waals surface area contributed by atoms with E-state index in [4.69, 9.17) is 5.73 Å². The van der Waals surface area contributed by atoms with E-state index in [0.29, 0.717) is 10.6 Å². The van der Waals surface area contributed by atoms with Gasteiger partial charge in [0.15, 0.2) is 0 Å². The molecular weight excluding hydrogens is 158 g/mol. The molecule has 0 heterocycles. The molecule has 0 aliphatic carbocycles. The first-order chi connectivity index (χ1) is 5.24. The minimum absolute atomic E-state index is 0.623. The van der Waals surface area contributed by atoms with Crippen LogP contribution >= 0.6 is 0 Å². The van der Waals surface area contributed by atoms with E-state index in [1.54, 1.807) is 24.3 Å². The molecule has 0 aromatic heterocycles. The maximum absolute atomic E-state index is 11.1. The van der Waals surface area contributed by atoms with Crippen molar-refractivity contribution in [1.82, 2.24) is 0 Å². The molecule has 0 spiro atoms. The zero-order chi connectivity index (χ0) is 8.27. The Balaban J connectivity index is 3.05. The molecule has 1 unspecified atom stereocenters. The first kappa shape index (κ1) is 8.01. The van der Waals surface area contributed by atoms with Crippen LogP contribution in [0.2, 0.25) is 0 Å². The van der Waals surface area contributed by atoms with Crippen molar-refractivity contribution in [3.05, 3.63) is 36.3 Å². The molecule has 58 valence electrons. The minimum Gasteiger partial charge on any atom is -0.399 e. The van der Waals surface area contributed by atoms with Crippen LogP contribution in [0.4, 0.5) is 5.69 Å². The van der Waals surface area contributed by atoms with Crippen LogP contribution in [0.3, 0.4) is 0 Å². The standard InChI is InChI=1S/C8H9NOS/c1-2-11(10)8-5-3-4-7(9)6-8/h2-6H,1,9H2. The van der Waals surface area contributed by atoms with E-state index < -0.39 is 10.8 Å². The minimum atomic E-state index is -1.12. The third kappa shape index (κ3) is 1.91. The third-order valence-electron chi connectivity index (χ3n) is 1.24. The summed E-state index contributed by atoms with van der Waals surface area (Å²) in [7, 11) is -1.12. The lowest BCUT2D eigenvalue weighted by Gasteiger charge is -1.96. The Morgan fingerprint density at radius 3 is 2.82 bits per heavy atom. The lowest BCUT2D eigenvalue weighted by Crippen LogP contribution is -1.89. The van der Waals surface area contributed by atoms with Crippen molar-refractivity contribution < 1.29 is 4.21 Å². The maximum atomic E-state index is 11.1. The fraction of sp³-hybridized carbons (Fsp3) is 0. The summed E-state index contributed by atoms with van der Waals surface area (Å²) >= 11 is 0. The zero-order valence-corrected chi connectivity index (χ0v) is 6.80. The van der Waals surface area contributed by atoms with Crippen LogP contribution in [0.1, 0.15) is 0 Å². The highest BCUT2D eigenvalue weighted by Gasteiger charge is 1.97. The zero-order valence-electron chi connectivity index (χ0n) is 5.99. The number of benzene rings is 1. The van der Waals surface area contributed by atoms with Crippen LogP contribution in [-0.2, 0) is 10.8 Å². The first-order valence-electron chi connectivity index (χ1n) is 3.12. The third-order valence-corrected chi connectivity index (χ3v) is 2.26. The summed E-state index contributed by atoms with van der Waals surface area (Å²) in [5, 5.41) is 1.38. The first-order valence-corrected chi connectivity index (χ1v) is 4.34. The summed E-state index contributed by atoms with van der Waals surface area (Å²) in [6, 6.07) is 6.96. The summed E-state index contributed by atoms with van der Waals surface area (Å²) < 4.78 is 11.1. The molecule has 1 atom stereocenters. The predicted molar refractivity (Wildman–Crippen MR) is 47.5 cm³/mol. The lowest BCUT2D eigenvalue weighted by atomic mass is 10.3. The molecule has 11 heavy (non-hydrogen) atoms. The lowest BCUT2D eigenvalue weighted by molar-refractivity contribution is 0.688. The summed E-state index contributed by atoms with van der Waals surface area (Å²) in [5.74, 6) is 0. The van der Waals surface area contributed by atoms with E-state index in [0.717, 1.165) is 0 Å². The molecule has 1 aromatic carbocycles. The smallest absolute Gasteiger partial charge is 0.0770 e. The van der Waals surface area contributed by atoms with Crippen molar-refractivity contribution >= 4 is 16.5 Å². The van der Waals surface area contributed by atoms with Crippen molar-refractivity contribution in [3.8, 4) is 0 Å². The second-order valence-electron chi connectivity index (χ2n) is 2.04. The molecule has 1 aromatic rings. The predicted octanol–water partition coefficient (Wildman–Crippen LogP) is 1.52. The van der Waals surface area contributed by atoms with Gasteiger partial charge in [-0.1, -0.05) is 12.6 Å². The Labute approximate surface area is 68.2 Å². The SMILES string of the molecule is C=CS(=O)c1cccc(N)c1. The van der Waals surface area contributed by atoms with Crippen LogP contribution in [-0.4, -0.2) is 4.21 Å². The molecule has 1 rings (SSSR count). The molecule has 3 heteroatoms. The Morgan fingerprint density at radius 1 is 1.55 bits per heavy atom. The van der Waals surface area contributed by atoms with Crippen molar-refractivity contribution in [3.63, 3.8) is 0 Å². The topological polar surface area (TPSA) is 43.1 Å². The van der Waals surface area contributed by atoms with Gasteiger partial charge in [-0.3, -0.25) is 0 Å². The Kier molecular flexibility index (Phi) is 2.44. The highest BCUT2D eigenvalue weighted by molar-refractivity contribution is 7.88. The summed E-state index contributed by atoms with van der Waals surface area (Å²) in [5.41, 5.74) is 6.11. The van der Waals surface area contributed by atoms with E-state index in [1.807, 2.05) is 0 Å². The number of rotatable bonds is 2. The molecule has 0 fully saturated rings. The average Bonchev–Trinajstić information content (AvgIpc) is 2.03. The van der Waals surface area contributed by atoms with Gasteiger partial charge < -0.3 is 5.73 Å². The van der Waals surface area contributed by atoms with Gasteiger partial charge in [0.05, 0.1) is 10.8 Å². The van der Waals surface area contributed by atoms with Crippen LogP contribution in [0.5, 0.6) is 0 Å². The molecule has 2 N–H and O–H groups in total. The van der Waals surface area contributed by atoms with Gasteiger partial charge in [-0.05, 0) is 18.2 Å². The van der Waals surface area contributed by atoms with Gasteiger partial charge in [0.2, 0.25) is 0 Å². The molecule has 0 radical (unpaired) electrons. The molecule has 0 saturated carbocycles. The van der Waals surface area contributed by atoms with Crippen molar-refractivity contribution in [1.29, 1.82) is 0 Å². The van der Waals surface area contributed by atoms with Gasteiger partial charge in [0, 0.05) is 16.0 Å². The Morgan fingerprint density at radius 2 is 2.27 bits per heavy atom. The summed E-state index contributed by atoms with van der Waals surface area (Å²) in [6.07, 6.45) is 0. The Hall–Kier alpha value is -1.09. The van der Waals surface area contributed by atoms with Gasteiger partial charge in [-0.25, -0.2) is 4.21 Å². The molecule has 0 amide bonds. The fourth-order valence-electron chi connectivity index (χ4n) is 0.736. The fourth-order valence-corrected chi connectivity index (χ4v) is 1.39. The van der Waals surface area contributed by atoms with Crippen molar-refractivity contribution in [2.75, 3.05) is 5.73 Å². The van der Waals surface area contributed by atoms with Gasteiger partial charge in [-0.15, -0.1) is 0 Å². The van der Waals surface area contributed by atoms with Crippen LogP contribution < -0.4 is 5.73 Å². The monoisotopic (exact) mass is 167 g/mol. The molecule has 0 saturated heterocycles. The highest BCUT2D eigenvalue weighted by Crippen LogP contribution is 2.10. The van der Waals surface area contributed by atoms with Gasteiger partial charge in [0.25, 0.3) is 0 Å². The second-order valence-corrected chi connectivity index (χ2v) is 3.44. The van der Waals surface area contributed by atoms with Crippen LogP contribution in [0.15, 0.2) is 41.1 Å². The van der Waals surface area contributed by atoms with E-state index in [-0.39, 0.29) is 0 Å². The quantitative estimate of drug-likeness (QED) is 0.678. The number of hydrogen-bond acceptors (Lipinski definition) is 2. The largest absolute Gasteiger partial charge is 0.399 e. The van der Waals surface area contributed by atoms with Gasteiger partial charge in [-0.2, -0.15) is 0 Å². The number of nitrogen functional groups attached to an aromatic ring is 1. The Bertz CT molecular complexity index is 296.